The number of amides is 2. The minimum atomic E-state index is -0.323. The van der Waals surface area contributed by atoms with Gasteiger partial charge in [0.05, 0.1) is 0 Å². The lowest BCUT2D eigenvalue weighted by molar-refractivity contribution is 0.127. The highest BCUT2D eigenvalue weighted by atomic mass is 16.5. The minimum absolute atomic E-state index is 0.146. The summed E-state index contributed by atoms with van der Waals surface area (Å²) >= 11 is 0. The van der Waals surface area contributed by atoms with E-state index in [1.54, 1.807) is 0 Å². The smallest absolute Gasteiger partial charge is 0.321 e. The van der Waals surface area contributed by atoms with E-state index in [-0.39, 0.29) is 12.0 Å². The van der Waals surface area contributed by atoms with Gasteiger partial charge in [0, 0.05) is 39.5 Å². The Hall–Kier alpha value is -1.34. The number of aliphatic imine (C=N–C) groups is 1. The number of hydrogen-bond acceptors (Lipinski definition) is 4. The Kier molecular flexibility index (Phi) is 23.8. The molecule has 7 heteroatoms. The van der Waals surface area contributed by atoms with Crippen LogP contribution in [-0.4, -0.2) is 51.5 Å². The van der Waals surface area contributed by atoms with Gasteiger partial charge in [-0.05, 0) is 25.7 Å². The van der Waals surface area contributed by atoms with E-state index in [9.17, 15) is 4.79 Å². The van der Waals surface area contributed by atoms with Crippen molar-refractivity contribution in [1.82, 2.24) is 10.6 Å². The van der Waals surface area contributed by atoms with Crippen molar-refractivity contribution < 1.29 is 14.3 Å². The van der Waals surface area contributed by atoms with Crippen molar-refractivity contribution in [2.45, 2.75) is 104 Å². The van der Waals surface area contributed by atoms with Gasteiger partial charge in [-0.15, -0.1) is 0 Å². The second-order valence-electron chi connectivity index (χ2n) is 8.12. The van der Waals surface area contributed by atoms with Crippen molar-refractivity contribution in [3.8, 4) is 0 Å². The number of urea groups is 1. The second kappa shape index (κ2) is 24.9. The summed E-state index contributed by atoms with van der Waals surface area (Å²) in [6.45, 7) is 8.53. The number of unbranched alkanes of at least 4 members (excludes halogenated alkanes) is 10. The number of rotatable bonds is 22. The van der Waals surface area contributed by atoms with Gasteiger partial charge < -0.3 is 20.5 Å². The topological polar surface area (TPSA) is 98.0 Å². The molecule has 0 heterocycles. The molecule has 7 nitrogen and oxygen atoms in total. The van der Waals surface area contributed by atoms with Crippen LogP contribution in [0, 0.1) is 0 Å². The van der Waals surface area contributed by atoms with Gasteiger partial charge in [-0.2, -0.15) is 0 Å². The van der Waals surface area contributed by atoms with E-state index in [2.05, 4.69) is 29.5 Å². The number of hydrogen-bond donors (Lipinski definition) is 3. The fraction of sp³-hybridized carbons (Fsp3) is 0.917. The van der Waals surface area contributed by atoms with E-state index in [4.69, 9.17) is 15.2 Å². The third-order valence-corrected chi connectivity index (χ3v) is 5.01. The molecular weight excluding hydrogens is 392 g/mol. The van der Waals surface area contributed by atoms with Crippen molar-refractivity contribution in [2.24, 2.45) is 10.7 Å². The maximum Gasteiger partial charge on any atom is 0.321 e. The molecule has 0 unspecified atom stereocenters. The molecule has 0 aromatic rings. The fourth-order valence-corrected chi connectivity index (χ4v) is 3.12. The summed E-state index contributed by atoms with van der Waals surface area (Å²) < 4.78 is 11.2. The van der Waals surface area contributed by atoms with Crippen LogP contribution in [0.3, 0.4) is 0 Å². The average molecular weight is 443 g/mol. The lowest BCUT2D eigenvalue weighted by atomic mass is 10.1. The van der Waals surface area contributed by atoms with E-state index < -0.39 is 0 Å². The number of nitrogens with one attached hydrogen (secondary N) is 2. The van der Waals surface area contributed by atoms with Gasteiger partial charge in [-0.3, -0.25) is 10.3 Å². The summed E-state index contributed by atoms with van der Waals surface area (Å²) in [5.74, 6) is 0.146. The Morgan fingerprint density at radius 1 is 0.710 bits per heavy atom. The van der Waals surface area contributed by atoms with Gasteiger partial charge in [0.1, 0.15) is 0 Å². The maximum atomic E-state index is 11.8. The molecular formula is C24H50N4O3. The van der Waals surface area contributed by atoms with E-state index in [0.29, 0.717) is 26.3 Å². The summed E-state index contributed by atoms with van der Waals surface area (Å²) in [6, 6.07) is -0.323. The van der Waals surface area contributed by atoms with Crippen LogP contribution >= 0.6 is 0 Å². The van der Waals surface area contributed by atoms with Crippen LogP contribution in [-0.2, 0) is 9.47 Å². The van der Waals surface area contributed by atoms with E-state index in [0.717, 1.165) is 38.9 Å². The molecule has 0 atom stereocenters. The number of guanidine groups is 1. The molecule has 0 rings (SSSR count). The monoisotopic (exact) mass is 442 g/mol. The first-order valence-electron chi connectivity index (χ1n) is 12.7. The molecule has 2 amide bonds. The Morgan fingerprint density at radius 2 is 1.19 bits per heavy atom. The van der Waals surface area contributed by atoms with Crippen molar-refractivity contribution in [2.75, 3.05) is 39.5 Å². The SMILES string of the molecule is CCCCCCCCOCCCN=C(N)NC(=O)NCCCOCCCCCCCC. The number of nitrogens with zero attached hydrogens (tertiary/aromatic N) is 1. The van der Waals surface area contributed by atoms with Crippen molar-refractivity contribution in [3.63, 3.8) is 0 Å². The standard InChI is InChI=1S/C24H50N4O3/c1-3-5-7-9-11-13-19-30-21-15-17-26-23(25)28-24(29)27-18-16-22-31-20-14-12-10-8-6-4-2/h3-22H2,1-2H3,(H4,25,26,27,28,29). The third kappa shape index (κ3) is 24.8. The molecule has 0 saturated heterocycles. The molecule has 0 aliphatic carbocycles. The number of carbonyl (C=O) groups is 1. The molecule has 0 spiro atoms. The van der Waals surface area contributed by atoms with Crippen LogP contribution in [0.4, 0.5) is 4.79 Å². The summed E-state index contributed by atoms with van der Waals surface area (Å²) in [4.78, 5) is 15.9. The molecule has 0 aromatic carbocycles. The average Bonchev–Trinajstić information content (AvgIpc) is 2.75. The summed E-state index contributed by atoms with van der Waals surface area (Å²) in [7, 11) is 0. The first-order valence-corrected chi connectivity index (χ1v) is 12.7. The molecule has 0 radical (unpaired) electrons. The van der Waals surface area contributed by atoms with Gasteiger partial charge in [-0.1, -0.05) is 78.1 Å². The van der Waals surface area contributed by atoms with E-state index >= 15 is 0 Å². The Morgan fingerprint density at radius 3 is 1.77 bits per heavy atom. The minimum Gasteiger partial charge on any atom is -0.381 e. The van der Waals surface area contributed by atoms with Crippen LogP contribution in [0.15, 0.2) is 4.99 Å². The van der Waals surface area contributed by atoms with Crippen LogP contribution in [0.5, 0.6) is 0 Å². The highest BCUT2D eigenvalue weighted by Gasteiger charge is 2.01. The van der Waals surface area contributed by atoms with Crippen molar-refractivity contribution in [3.05, 3.63) is 0 Å². The molecule has 4 N–H and O–H groups in total. The zero-order valence-corrected chi connectivity index (χ0v) is 20.4. The fourth-order valence-electron chi connectivity index (χ4n) is 3.12. The van der Waals surface area contributed by atoms with Gasteiger partial charge in [0.15, 0.2) is 5.96 Å². The summed E-state index contributed by atoms with van der Waals surface area (Å²) in [5.41, 5.74) is 5.74. The number of carbonyl (C=O) groups excluding carboxylic acids is 1. The third-order valence-electron chi connectivity index (χ3n) is 5.01. The summed E-state index contributed by atoms with van der Waals surface area (Å²) in [5, 5.41) is 5.31. The van der Waals surface area contributed by atoms with Gasteiger partial charge in [0.2, 0.25) is 0 Å². The Bertz CT molecular complexity index is 420. The molecule has 0 saturated carbocycles. The maximum absolute atomic E-state index is 11.8. The number of ether oxygens (including phenoxy) is 2. The quantitative estimate of drug-likeness (QED) is 0.123. The first kappa shape index (κ1) is 29.7. The van der Waals surface area contributed by atoms with Crippen molar-refractivity contribution in [1.29, 1.82) is 0 Å². The molecule has 0 aromatic heterocycles. The van der Waals surface area contributed by atoms with Gasteiger partial charge in [0.25, 0.3) is 0 Å². The lowest BCUT2D eigenvalue weighted by Gasteiger charge is -2.08. The largest absolute Gasteiger partial charge is 0.381 e. The molecule has 0 aliphatic heterocycles. The molecule has 184 valence electrons. The lowest BCUT2D eigenvalue weighted by Crippen LogP contribution is -2.43. The van der Waals surface area contributed by atoms with Gasteiger partial charge >= 0.3 is 6.03 Å². The zero-order valence-electron chi connectivity index (χ0n) is 20.4. The van der Waals surface area contributed by atoms with Crippen LogP contribution in [0.2, 0.25) is 0 Å². The van der Waals surface area contributed by atoms with E-state index in [1.165, 1.54) is 64.2 Å². The van der Waals surface area contributed by atoms with Gasteiger partial charge in [-0.25, -0.2) is 4.79 Å². The van der Waals surface area contributed by atoms with Crippen molar-refractivity contribution >= 4 is 12.0 Å². The van der Waals surface area contributed by atoms with Crippen LogP contribution in [0.25, 0.3) is 0 Å². The highest BCUT2D eigenvalue weighted by molar-refractivity contribution is 5.95. The summed E-state index contributed by atoms with van der Waals surface area (Å²) in [6.07, 6.45) is 16.8. The normalized spacial score (nSPS) is 11.6. The van der Waals surface area contributed by atoms with Crippen LogP contribution in [0.1, 0.15) is 104 Å². The predicted molar refractivity (Wildman–Crippen MR) is 131 cm³/mol. The first-order chi connectivity index (χ1) is 15.2. The number of nitrogens with two attached hydrogens (primary N) is 1. The zero-order chi connectivity index (χ0) is 22.8. The van der Waals surface area contributed by atoms with Crippen LogP contribution < -0.4 is 16.4 Å². The molecule has 31 heavy (non-hydrogen) atoms. The molecule has 0 fully saturated rings. The molecule has 0 aliphatic rings. The molecule has 0 bridgehead atoms. The highest BCUT2D eigenvalue weighted by Crippen LogP contribution is 2.05. The van der Waals surface area contributed by atoms with E-state index in [1.807, 2.05) is 0 Å². The second-order valence-corrected chi connectivity index (χ2v) is 8.12. The predicted octanol–water partition coefficient (Wildman–Crippen LogP) is 5.13. The Balaban J connectivity index is 3.39. The Labute approximate surface area is 191 Å².